The van der Waals surface area contributed by atoms with Crippen molar-refractivity contribution in [2.24, 2.45) is 0 Å². The molecule has 1 saturated heterocycles. The van der Waals surface area contributed by atoms with Gasteiger partial charge in [0.25, 0.3) is 5.91 Å². The Labute approximate surface area is 113 Å². The van der Waals surface area contributed by atoms with Crippen LogP contribution in [0.15, 0.2) is 12.3 Å². The van der Waals surface area contributed by atoms with Gasteiger partial charge in [0.1, 0.15) is 11.6 Å². The predicted octanol–water partition coefficient (Wildman–Crippen LogP) is 0.469. The van der Waals surface area contributed by atoms with E-state index in [-0.39, 0.29) is 5.91 Å². The van der Waals surface area contributed by atoms with Gasteiger partial charge < -0.3 is 14.5 Å². The van der Waals surface area contributed by atoms with Gasteiger partial charge in [-0.15, -0.1) is 0 Å². The van der Waals surface area contributed by atoms with Crippen LogP contribution >= 0.6 is 0 Å². The molecular formula is C13H20N4O2. The molecule has 2 heterocycles. The summed E-state index contributed by atoms with van der Waals surface area (Å²) in [5.74, 6) is 1.54. The number of likely N-dealkylation sites (N-methyl/N-ethyl adjacent to an activating group) is 1. The Morgan fingerprint density at radius 2 is 2.26 bits per heavy atom. The van der Waals surface area contributed by atoms with Crippen LogP contribution in [0.3, 0.4) is 0 Å². The first-order valence-electron chi connectivity index (χ1n) is 6.33. The van der Waals surface area contributed by atoms with Crippen molar-refractivity contribution in [2.45, 2.75) is 19.4 Å². The zero-order valence-electron chi connectivity index (χ0n) is 11.9. The second-order valence-electron chi connectivity index (χ2n) is 5.16. The van der Waals surface area contributed by atoms with Crippen LogP contribution in [0, 0.1) is 6.92 Å². The fourth-order valence-corrected chi connectivity index (χ4v) is 2.29. The first-order valence-corrected chi connectivity index (χ1v) is 6.33. The highest BCUT2D eigenvalue weighted by Crippen LogP contribution is 2.23. The lowest BCUT2D eigenvalue weighted by molar-refractivity contribution is -0.155. The van der Waals surface area contributed by atoms with E-state index in [9.17, 15) is 4.79 Å². The minimum Gasteiger partial charge on any atom is -0.362 e. The molecule has 1 aromatic heterocycles. The molecule has 1 amide bonds. The second kappa shape index (κ2) is 5.13. The minimum atomic E-state index is -0.819. The Balaban J connectivity index is 2.19. The third-order valence-electron chi connectivity index (χ3n) is 3.22. The first-order chi connectivity index (χ1) is 8.92. The Morgan fingerprint density at radius 3 is 2.89 bits per heavy atom. The van der Waals surface area contributed by atoms with Gasteiger partial charge in [-0.3, -0.25) is 4.79 Å². The Hall–Kier alpha value is -1.69. The lowest BCUT2D eigenvalue weighted by Gasteiger charge is -2.40. The number of morpholine rings is 1. The number of ether oxygens (including phenoxy) is 1. The lowest BCUT2D eigenvalue weighted by Crippen LogP contribution is -2.58. The highest BCUT2D eigenvalue weighted by Gasteiger charge is 2.40. The van der Waals surface area contributed by atoms with Crippen LogP contribution in [-0.4, -0.2) is 60.2 Å². The molecule has 0 saturated carbocycles. The Bertz CT molecular complexity index is 477. The second-order valence-corrected chi connectivity index (χ2v) is 5.16. The lowest BCUT2D eigenvalue weighted by atomic mass is 10.0. The van der Waals surface area contributed by atoms with Crippen LogP contribution in [0.5, 0.6) is 0 Å². The predicted molar refractivity (Wildman–Crippen MR) is 72.0 cm³/mol. The van der Waals surface area contributed by atoms with Crippen LogP contribution in [0.1, 0.15) is 12.7 Å². The molecule has 6 heteroatoms. The molecule has 1 atom stereocenters. The molecular weight excluding hydrogens is 244 g/mol. The molecule has 0 unspecified atom stereocenters. The standard InChI is InChI=1S/C13H20N4O2/c1-10-14-6-5-11(15-10)17-7-8-19-13(2,9-17)12(18)16(3)4/h5-6H,7-9H2,1-4H3/t13-/m1/s1. The topological polar surface area (TPSA) is 58.6 Å². The van der Waals surface area contributed by atoms with E-state index in [1.807, 2.05) is 19.9 Å². The van der Waals surface area contributed by atoms with Crippen molar-refractivity contribution in [3.8, 4) is 0 Å². The van der Waals surface area contributed by atoms with Crippen LogP contribution < -0.4 is 4.90 Å². The molecule has 1 fully saturated rings. The van der Waals surface area contributed by atoms with Gasteiger partial charge in [-0.25, -0.2) is 9.97 Å². The average Bonchev–Trinajstić information content (AvgIpc) is 2.38. The molecule has 0 bridgehead atoms. The summed E-state index contributed by atoms with van der Waals surface area (Å²) in [4.78, 5) is 24.3. The molecule has 1 aromatic rings. The summed E-state index contributed by atoms with van der Waals surface area (Å²) in [6, 6.07) is 1.86. The first kappa shape index (κ1) is 13.7. The quantitative estimate of drug-likeness (QED) is 0.777. The van der Waals surface area contributed by atoms with E-state index in [1.54, 1.807) is 25.2 Å². The molecule has 2 rings (SSSR count). The zero-order valence-corrected chi connectivity index (χ0v) is 11.9. The number of aromatic nitrogens is 2. The van der Waals surface area contributed by atoms with E-state index in [0.717, 1.165) is 18.2 Å². The third kappa shape index (κ3) is 2.84. The SMILES string of the molecule is Cc1nccc(N2CCO[C@@](C)(C(=O)N(C)C)C2)n1. The van der Waals surface area contributed by atoms with Crippen molar-refractivity contribution in [3.63, 3.8) is 0 Å². The van der Waals surface area contributed by atoms with Gasteiger partial charge >= 0.3 is 0 Å². The Morgan fingerprint density at radius 1 is 1.53 bits per heavy atom. The van der Waals surface area contributed by atoms with Gasteiger partial charge in [-0.1, -0.05) is 0 Å². The molecule has 0 aromatic carbocycles. The summed E-state index contributed by atoms with van der Waals surface area (Å²) in [5.41, 5.74) is -0.819. The summed E-state index contributed by atoms with van der Waals surface area (Å²) in [7, 11) is 3.48. The van der Waals surface area contributed by atoms with E-state index in [0.29, 0.717) is 13.2 Å². The van der Waals surface area contributed by atoms with Crippen molar-refractivity contribution in [2.75, 3.05) is 38.7 Å². The van der Waals surface area contributed by atoms with Crippen LogP contribution in [-0.2, 0) is 9.53 Å². The fourth-order valence-electron chi connectivity index (χ4n) is 2.29. The Kier molecular flexibility index (Phi) is 3.71. The summed E-state index contributed by atoms with van der Waals surface area (Å²) in [6.07, 6.45) is 1.73. The van der Waals surface area contributed by atoms with E-state index < -0.39 is 5.60 Å². The average molecular weight is 264 g/mol. The largest absolute Gasteiger partial charge is 0.362 e. The number of hydrogen-bond donors (Lipinski definition) is 0. The van der Waals surface area contributed by atoms with Gasteiger partial charge in [-0.05, 0) is 19.9 Å². The van der Waals surface area contributed by atoms with E-state index in [2.05, 4.69) is 14.9 Å². The summed E-state index contributed by atoms with van der Waals surface area (Å²) in [5, 5.41) is 0. The molecule has 0 radical (unpaired) electrons. The molecule has 19 heavy (non-hydrogen) atoms. The molecule has 104 valence electrons. The molecule has 6 nitrogen and oxygen atoms in total. The van der Waals surface area contributed by atoms with Crippen molar-refractivity contribution in [1.29, 1.82) is 0 Å². The highest BCUT2D eigenvalue weighted by atomic mass is 16.5. The summed E-state index contributed by atoms with van der Waals surface area (Å²) in [6.45, 7) is 5.43. The van der Waals surface area contributed by atoms with Crippen LogP contribution in [0.4, 0.5) is 5.82 Å². The van der Waals surface area contributed by atoms with Crippen molar-refractivity contribution >= 4 is 11.7 Å². The molecule has 1 aliphatic heterocycles. The smallest absolute Gasteiger partial charge is 0.255 e. The van der Waals surface area contributed by atoms with Gasteiger partial charge in [0.2, 0.25) is 0 Å². The maximum absolute atomic E-state index is 12.2. The number of carbonyl (C=O) groups excluding carboxylic acids is 1. The minimum absolute atomic E-state index is 0.0250. The number of amides is 1. The van der Waals surface area contributed by atoms with Gasteiger partial charge in [0.05, 0.1) is 13.2 Å². The number of aryl methyl sites for hydroxylation is 1. The number of carbonyl (C=O) groups is 1. The van der Waals surface area contributed by atoms with Gasteiger partial charge in [0, 0.05) is 26.8 Å². The van der Waals surface area contributed by atoms with Crippen molar-refractivity contribution < 1.29 is 9.53 Å². The molecule has 1 aliphatic rings. The maximum atomic E-state index is 12.2. The summed E-state index contributed by atoms with van der Waals surface area (Å²) >= 11 is 0. The number of nitrogens with zero attached hydrogens (tertiary/aromatic N) is 4. The normalized spacial score (nSPS) is 23.3. The van der Waals surface area contributed by atoms with E-state index in [1.165, 1.54) is 0 Å². The third-order valence-corrected chi connectivity index (χ3v) is 3.22. The van der Waals surface area contributed by atoms with E-state index >= 15 is 0 Å². The van der Waals surface area contributed by atoms with Crippen LogP contribution in [0.2, 0.25) is 0 Å². The highest BCUT2D eigenvalue weighted by molar-refractivity contribution is 5.85. The maximum Gasteiger partial charge on any atom is 0.255 e. The van der Waals surface area contributed by atoms with Gasteiger partial charge in [0.15, 0.2) is 5.60 Å². The van der Waals surface area contributed by atoms with Gasteiger partial charge in [-0.2, -0.15) is 0 Å². The zero-order chi connectivity index (χ0) is 14.0. The number of anilines is 1. The van der Waals surface area contributed by atoms with Crippen molar-refractivity contribution in [3.05, 3.63) is 18.1 Å². The molecule has 0 aliphatic carbocycles. The summed E-state index contributed by atoms with van der Waals surface area (Å²) < 4.78 is 5.69. The van der Waals surface area contributed by atoms with E-state index in [4.69, 9.17) is 4.74 Å². The molecule has 0 N–H and O–H groups in total. The van der Waals surface area contributed by atoms with Crippen molar-refractivity contribution in [1.82, 2.24) is 14.9 Å². The number of hydrogen-bond acceptors (Lipinski definition) is 5. The number of rotatable bonds is 2. The fraction of sp³-hybridized carbons (Fsp3) is 0.615. The molecule has 0 spiro atoms. The van der Waals surface area contributed by atoms with Crippen LogP contribution in [0.25, 0.3) is 0 Å². The monoisotopic (exact) mass is 264 g/mol.